The molecule has 1 aromatic heterocycles. The maximum Gasteiger partial charge on any atom is 0.242 e. The summed E-state index contributed by atoms with van der Waals surface area (Å²) in [6.45, 7) is 1.08. The van der Waals surface area contributed by atoms with E-state index in [1.54, 1.807) is 6.20 Å². The summed E-state index contributed by atoms with van der Waals surface area (Å²) in [5.74, 6) is 1.58. The molecule has 0 bridgehead atoms. The lowest BCUT2D eigenvalue weighted by atomic mass is 10.00. The highest BCUT2D eigenvalue weighted by molar-refractivity contribution is 7.89. The largest absolute Gasteiger partial charge is 0.495 e. The van der Waals surface area contributed by atoms with Crippen LogP contribution in [0, 0.1) is 5.92 Å². The third-order valence-electron chi connectivity index (χ3n) is 4.12. The zero-order valence-corrected chi connectivity index (χ0v) is 15.3. The Labute approximate surface area is 150 Å². The monoisotopic (exact) mass is 389 g/mol. The minimum absolute atomic E-state index is 0.0379. The van der Waals surface area contributed by atoms with E-state index in [4.69, 9.17) is 27.9 Å². The molecule has 0 spiro atoms. The van der Waals surface area contributed by atoms with E-state index >= 15 is 0 Å². The summed E-state index contributed by atoms with van der Waals surface area (Å²) in [4.78, 5) is 4.22. The Morgan fingerprint density at radius 3 is 2.92 bits per heavy atom. The van der Waals surface area contributed by atoms with Gasteiger partial charge in [-0.05, 0) is 24.5 Å². The van der Waals surface area contributed by atoms with Gasteiger partial charge in [0.1, 0.15) is 21.5 Å². The highest BCUT2D eigenvalue weighted by Gasteiger charge is 2.25. The number of aromatic nitrogens is 2. The molecule has 1 N–H and O–H groups in total. The number of hydrogen-bond acceptors (Lipinski definition) is 4. The molecule has 3 rings (SSSR count). The van der Waals surface area contributed by atoms with Gasteiger partial charge in [-0.1, -0.05) is 23.2 Å². The molecule has 130 valence electrons. The highest BCUT2D eigenvalue weighted by atomic mass is 35.5. The fourth-order valence-electron chi connectivity index (χ4n) is 2.79. The molecule has 0 unspecified atom stereocenters. The topological polar surface area (TPSA) is 73.2 Å². The van der Waals surface area contributed by atoms with Gasteiger partial charge in [-0.3, -0.25) is 0 Å². The minimum atomic E-state index is -3.75. The summed E-state index contributed by atoms with van der Waals surface area (Å²) in [6.07, 6.45) is 5.41. The molecule has 9 heteroatoms. The van der Waals surface area contributed by atoms with Crippen molar-refractivity contribution in [1.82, 2.24) is 14.3 Å². The number of rotatable bonds is 5. The molecule has 0 aliphatic carbocycles. The molecule has 0 amide bonds. The molecule has 24 heavy (non-hydrogen) atoms. The average molecular weight is 390 g/mol. The van der Waals surface area contributed by atoms with Crippen LogP contribution in [0.1, 0.15) is 12.2 Å². The van der Waals surface area contributed by atoms with Gasteiger partial charge < -0.3 is 9.30 Å². The Hall–Kier alpha value is -1.28. The van der Waals surface area contributed by atoms with Crippen molar-refractivity contribution in [3.63, 3.8) is 0 Å². The summed E-state index contributed by atoms with van der Waals surface area (Å²) < 4.78 is 34.8. The number of halogens is 2. The molecule has 6 nitrogen and oxygen atoms in total. The van der Waals surface area contributed by atoms with Crippen LogP contribution in [0.4, 0.5) is 0 Å². The Morgan fingerprint density at radius 2 is 2.17 bits per heavy atom. The fraction of sp³-hybridized carbons (Fsp3) is 0.400. The molecule has 1 aliphatic heterocycles. The fourth-order valence-corrected chi connectivity index (χ4v) is 4.74. The SMILES string of the molecule is COc1ccc(S(=O)(=O)NC[C@@H]2CCc3nccn3C2)c(Cl)c1Cl. The number of nitrogens with one attached hydrogen (secondary N) is 1. The second kappa shape index (κ2) is 6.92. The maximum absolute atomic E-state index is 12.5. The molecule has 0 saturated heterocycles. The Balaban J connectivity index is 1.72. The number of nitrogens with zero attached hydrogens (tertiary/aromatic N) is 2. The standard InChI is InChI=1S/C15H17Cl2N3O3S/c1-23-11-3-4-12(15(17)14(11)16)24(21,22)19-8-10-2-5-13-18-6-7-20(13)9-10/h3-4,6-7,10,19H,2,5,8-9H2,1H3/t10-/m0/s1. The van der Waals surface area contributed by atoms with Crippen LogP contribution in [0.2, 0.25) is 10.0 Å². The first kappa shape index (κ1) is 17.5. The first-order valence-corrected chi connectivity index (χ1v) is 9.68. The van der Waals surface area contributed by atoms with Gasteiger partial charge in [0.05, 0.1) is 12.1 Å². The van der Waals surface area contributed by atoms with Crippen molar-refractivity contribution in [2.75, 3.05) is 13.7 Å². The Kier molecular flexibility index (Phi) is 5.05. The van der Waals surface area contributed by atoms with E-state index in [1.807, 2.05) is 6.20 Å². The van der Waals surface area contributed by atoms with Crippen LogP contribution in [0.25, 0.3) is 0 Å². The molecule has 2 heterocycles. The van der Waals surface area contributed by atoms with E-state index < -0.39 is 10.0 Å². The summed E-state index contributed by atoms with van der Waals surface area (Å²) in [5.41, 5.74) is 0. The molecular formula is C15H17Cl2N3O3S. The van der Waals surface area contributed by atoms with E-state index in [2.05, 4.69) is 14.3 Å². The molecule has 2 aromatic rings. The highest BCUT2D eigenvalue weighted by Crippen LogP contribution is 2.36. The number of ether oxygens (including phenoxy) is 1. The average Bonchev–Trinajstić information content (AvgIpc) is 3.03. The van der Waals surface area contributed by atoms with E-state index in [0.717, 1.165) is 25.2 Å². The lowest BCUT2D eigenvalue weighted by Gasteiger charge is -2.24. The number of fused-ring (bicyclic) bond motifs is 1. The summed E-state index contributed by atoms with van der Waals surface area (Å²) in [5, 5.41) is 0.0480. The Bertz CT molecular complexity index is 852. The predicted molar refractivity (Wildman–Crippen MR) is 92.2 cm³/mol. The van der Waals surface area contributed by atoms with E-state index in [1.165, 1.54) is 19.2 Å². The maximum atomic E-state index is 12.5. The zero-order valence-electron chi connectivity index (χ0n) is 13.0. The van der Waals surface area contributed by atoms with Gasteiger partial charge in [-0.2, -0.15) is 0 Å². The molecule has 0 saturated carbocycles. The van der Waals surface area contributed by atoms with Crippen LogP contribution in [0.3, 0.4) is 0 Å². The van der Waals surface area contributed by atoms with Crippen LogP contribution in [-0.2, 0) is 23.0 Å². The molecular weight excluding hydrogens is 373 g/mol. The second-order valence-electron chi connectivity index (χ2n) is 5.65. The van der Waals surface area contributed by atoms with Crippen molar-refractivity contribution in [1.29, 1.82) is 0 Å². The number of hydrogen-bond donors (Lipinski definition) is 1. The third-order valence-corrected chi connectivity index (χ3v) is 6.56. The summed E-state index contributed by atoms with van der Waals surface area (Å²) >= 11 is 12.1. The minimum Gasteiger partial charge on any atom is -0.495 e. The van der Waals surface area contributed by atoms with Gasteiger partial charge in [-0.25, -0.2) is 18.1 Å². The van der Waals surface area contributed by atoms with Gasteiger partial charge in [0, 0.05) is 31.9 Å². The van der Waals surface area contributed by atoms with Crippen molar-refractivity contribution in [2.24, 2.45) is 5.92 Å². The molecule has 1 aromatic carbocycles. The van der Waals surface area contributed by atoms with E-state index in [0.29, 0.717) is 12.3 Å². The smallest absolute Gasteiger partial charge is 0.242 e. The predicted octanol–water partition coefficient (Wildman–Crippen LogP) is 2.74. The molecule has 0 fully saturated rings. The second-order valence-corrected chi connectivity index (χ2v) is 8.14. The lowest BCUT2D eigenvalue weighted by molar-refractivity contribution is 0.363. The van der Waals surface area contributed by atoms with Crippen molar-refractivity contribution in [3.05, 3.63) is 40.4 Å². The van der Waals surface area contributed by atoms with Crippen molar-refractivity contribution < 1.29 is 13.2 Å². The normalized spacial score (nSPS) is 17.5. The van der Waals surface area contributed by atoms with Crippen LogP contribution in [0.15, 0.2) is 29.4 Å². The van der Waals surface area contributed by atoms with Crippen LogP contribution in [0.5, 0.6) is 5.75 Å². The number of methoxy groups -OCH3 is 1. The first-order chi connectivity index (χ1) is 11.4. The van der Waals surface area contributed by atoms with E-state index in [-0.39, 0.29) is 20.9 Å². The zero-order chi connectivity index (χ0) is 17.3. The van der Waals surface area contributed by atoms with Crippen LogP contribution in [-0.4, -0.2) is 31.6 Å². The molecule has 1 atom stereocenters. The molecule has 0 radical (unpaired) electrons. The quantitative estimate of drug-likeness (QED) is 0.852. The van der Waals surface area contributed by atoms with Gasteiger partial charge >= 0.3 is 0 Å². The van der Waals surface area contributed by atoms with E-state index in [9.17, 15) is 8.42 Å². The van der Waals surface area contributed by atoms with Crippen molar-refractivity contribution in [2.45, 2.75) is 24.3 Å². The summed E-state index contributed by atoms with van der Waals surface area (Å²) in [7, 11) is -2.31. The van der Waals surface area contributed by atoms with Gasteiger partial charge in [0.2, 0.25) is 10.0 Å². The van der Waals surface area contributed by atoms with Crippen LogP contribution < -0.4 is 9.46 Å². The third kappa shape index (κ3) is 3.39. The first-order valence-electron chi connectivity index (χ1n) is 7.44. The van der Waals surface area contributed by atoms with Crippen LogP contribution >= 0.6 is 23.2 Å². The number of imidazole rings is 1. The lowest BCUT2D eigenvalue weighted by Crippen LogP contribution is -2.33. The van der Waals surface area contributed by atoms with Gasteiger partial charge in [-0.15, -0.1) is 0 Å². The Morgan fingerprint density at radius 1 is 1.38 bits per heavy atom. The number of benzene rings is 1. The van der Waals surface area contributed by atoms with Gasteiger partial charge in [0.15, 0.2) is 0 Å². The van der Waals surface area contributed by atoms with Gasteiger partial charge in [0.25, 0.3) is 0 Å². The number of sulfonamides is 1. The van der Waals surface area contributed by atoms with Crippen molar-refractivity contribution in [3.8, 4) is 5.75 Å². The molecule has 1 aliphatic rings. The number of aryl methyl sites for hydroxylation is 1. The summed E-state index contributed by atoms with van der Waals surface area (Å²) in [6, 6.07) is 2.88. The van der Waals surface area contributed by atoms with Crippen molar-refractivity contribution >= 4 is 33.2 Å².